The minimum absolute atomic E-state index is 0.0648. The van der Waals surface area contributed by atoms with Crippen molar-refractivity contribution in [1.29, 1.82) is 0 Å². The van der Waals surface area contributed by atoms with Crippen LogP contribution in [0.5, 0.6) is 5.75 Å². The molecule has 0 aliphatic carbocycles. The number of carbonyl (C=O) groups excluding carboxylic acids is 1. The summed E-state index contributed by atoms with van der Waals surface area (Å²) in [6.07, 6.45) is 1.72. The van der Waals surface area contributed by atoms with Crippen molar-refractivity contribution in [3.05, 3.63) is 77.6 Å². The molecule has 6 nitrogen and oxygen atoms in total. The molecule has 6 heteroatoms. The molecule has 0 spiro atoms. The number of aromatic nitrogens is 1. The van der Waals surface area contributed by atoms with Gasteiger partial charge in [0.1, 0.15) is 23.8 Å². The highest BCUT2D eigenvalue weighted by Crippen LogP contribution is 2.24. The number of benzene rings is 2. The van der Waals surface area contributed by atoms with Crippen LogP contribution in [0, 0.1) is 0 Å². The van der Waals surface area contributed by atoms with Gasteiger partial charge in [0.05, 0.1) is 0 Å². The second kappa shape index (κ2) is 9.50. The number of carbonyl (C=O) groups is 2. The van der Waals surface area contributed by atoms with E-state index in [1.807, 2.05) is 54.6 Å². The second-order valence-corrected chi connectivity index (χ2v) is 6.59. The number of Topliss-reactive ketones (excluding diaryl/α,β-unsaturated/α-hetero) is 1. The fraction of sp³-hybridized carbons (Fsp3) is 0.174. The lowest BCUT2D eigenvalue weighted by molar-refractivity contribution is -0.132. The molecule has 1 heterocycles. The standard InChI is InChI=1S/C23H21NO5/c1-16(25)7-8-19(23(26)27)13-21-14-22(24-29-21)18-9-11-20(12-10-18)28-15-17-5-3-2-4-6-17/h2-6,9-14H,7-8,15H2,1H3,(H,26,27)/b19-13+. The van der Waals surface area contributed by atoms with Crippen LogP contribution in [0.3, 0.4) is 0 Å². The molecule has 0 radical (unpaired) electrons. The van der Waals surface area contributed by atoms with Gasteiger partial charge in [0.15, 0.2) is 5.76 Å². The number of ether oxygens (including phenoxy) is 1. The van der Waals surface area contributed by atoms with E-state index in [1.165, 1.54) is 13.0 Å². The number of nitrogens with zero attached hydrogens (tertiary/aromatic N) is 1. The lowest BCUT2D eigenvalue weighted by Gasteiger charge is -2.06. The molecule has 3 rings (SSSR count). The molecule has 0 saturated carbocycles. The second-order valence-electron chi connectivity index (χ2n) is 6.59. The van der Waals surface area contributed by atoms with Crippen molar-refractivity contribution in [3.63, 3.8) is 0 Å². The Labute approximate surface area is 168 Å². The summed E-state index contributed by atoms with van der Waals surface area (Å²) >= 11 is 0. The van der Waals surface area contributed by atoms with Gasteiger partial charge in [-0.25, -0.2) is 4.79 Å². The Morgan fingerprint density at radius 2 is 1.79 bits per heavy atom. The summed E-state index contributed by atoms with van der Waals surface area (Å²) in [5.41, 5.74) is 2.60. The number of carboxylic acid groups (broad SMARTS) is 1. The summed E-state index contributed by atoms with van der Waals surface area (Å²) in [4.78, 5) is 22.4. The third kappa shape index (κ3) is 5.90. The predicted molar refractivity (Wildman–Crippen MR) is 108 cm³/mol. The average Bonchev–Trinajstić information content (AvgIpc) is 3.19. The van der Waals surface area contributed by atoms with Gasteiger partial charge in [-0.05, 0) is 49.2 Å². The highest BCUT2D eigenvalue weighted by molar-refractivity contribution is 5.92. The Morgan fingerprint density at radius 3 is 2.45 bits per heavy atom. The van der Waals surface area contributed by atoms with Crippen LogP contribution in [0.15, 0.2) is 70.8 Å². The zero-order chi connectivity index (χ0) is 20.6. The van der Waals surface area contributed by atoms with Crippen molar-refractivity contribution in [2.75, 3.05) is 0 Å². The summed E-state index contributed by atoms with van der Waals surface area (Å²) in [5.74, 6) is -0.0851. The Bertz CT molecular complexity index is 1000. The van der Waals surface area contributed by atoms with E-state index in [0.717, 1.165) is 16.9 Å². The highest BCUT2D eigenvalue weighted by atomic mass is 16.5. The Balaban J connectivity index is 1.67. The SMILES string of the molecule is CC(=O)CC/C(=C\c1cc(-c2ccc(OCc3ccccc3)cc2)no1)C(=O)O. The average molecular weight is 391 g/mol. The van der Waals surface area contributed by atoms with Crippen LogP contribution >= 0.6 is 0 Å². The molecule has 29 heavy (non-hydrogen) atoms. The first kappa shape index (κ1) is 20.1. The van der Waals surface area contributed by atoms with Crippen LogP contribution < -0.4 is 4.74 Å². The van der Waals surface area contributed by atoms with E-state index in [0.29, 0.717) is 18.1 Å². The maximum absolute atomic E-state index is 11.3. The zero-order valence-corrected chi connectivity index (χ0v) is 16.0. The van der Waals surface area contributed by atoms with Crippen molar-refractivity contribution in [2.24, 2.45) is 0 Å². The molecular formula is C23H21NO5. The summed E-state index contributed by atoms with van der Waals surface area (Å²) in [5, 5.41) is 13.3. The Morgan fingerprint density at radius 1 is 1.07 bits per heavy atom. The molecule has 3 aromatic rings. The van der Waals surface area contributed by atoms with Gasteiger partial charge < -0.3 is 19.2 Å². The molecule has 0 bridgehead atoms. The molecule has 0 aliphatic heterocycles. The van der Waals surface area contributed by atoms with E-state index < -0.39 is 5.97 Å². The maximum atomic E-state index is 11.3. The van der Waals surface area contributed by atoms with Crippen LogP contribution in [-0.4, -0.2) is 22.0 Å². The van der Waals surface area contributed by atoms with Crippen molar-refractivity contribution < 1.29 is 24.0 Å². The zero-order valence-electron chi connectivity index (χ0n) is 16.0. The van der Waals surface area contributed by atoms with E-state index >= 15 is 0 Å². The Hall–Kier alpha value is -3.67. The number of rotatable bonds is 9. The van der Waals surface area contributed by atoms with Gasteiger partial charge >= 0.3 is 5.97 Å². The summed E-state index contributed by atoms with van der Waals surface area (Å²) in [7, 11) is 0. The molecule has 0 amide bonds. The minimum atomic E-state index is -1.08. The number of carboxylic acids is 1. The first-order chi connectivity index (χ1) is 14.0. The Kier molecular flexibility index (Phi) is 6.58. The lowest BCUT2D eigenvalue weighted by atomic mass is 10.1. The lowest BCUT2D eigenvalue weighted by Crippen LogP contribution is -2.02. The monoisotopic (exact) mass is 391 g/mol. The van der Waals surface area contributed by atoms with Crippen LogP contribution in [0.2, 0.25) is 0 Å². The first-order valence-corrected chi connectivity index (χ1v) is 9.18. The third-order valence-corrected chi connectivity index (χ3v) is 4.26. The molecule has 0 aliphatic rings. The topological polar surface area (TPSA) is 89.6 Å². The quantitative estimate of drug-likeness (QED) is 0.529. The van der Waals surface area contributed by atoms with E-state index in [9.17, 15) is 14.7 Å². The summed E-state index contributed by atoms with van der Waals surface area (Å²) in [6.45, 7) is 1.91. The largest absolute Gasteiger partial charge is 0.489 e. The summed E-state index contributed by atoms with van der Waals surface area (Å²) < 4.78 is 11.0. The van der Waals surface area contributed by atoms with Crippen LogP contribution in [-0.2, 0) is 16.2 Å². The molecule has 0 unspecified atom stereocenters. The molecule has 0 saturated heterocycles. The van der Waals surface area contributed by atoms with Crippen molar-refractivity contribution >= 4 is 17.8 Å². The highest BCUT2D eigenvalue weighted by Gasteiger charge is 2.12. The van der Waals surface area contributed by atoms with Gasteiger partial charge in [-0.1, -0.05) is 35.5 Å². The van der Waals surface area contributed by atoms with Crippen LogP contribution in [0.25, 0.3) is 17.3 Å². The first-order valence-electron chi connectivity index (χ1n) is 9.18. The van der Waals surface area contributed by atoms with Gasteiger partial charge in [-0.3, -0.25) is 0 Å². The minimum Gasteiger partial charge on any atom is -0.489 e. The molecule has 1 aromatic heterocycles. The third-order valence-electron chi connectivity index (χ3n) is 4.26. The van der Waals surface area contributed by atoms with Crippen molar-refractivity contribution in [3.8, 4) is 17.0 Å². The predicted octanol–water partition coefficient (Wildman–Crippen LogP) is 4.76. The van der Waals surface area contributed by atoms with Gasteiger partial charge in [0.25, 0.3) is 0 Å². The molecule has 2 aromatic carbocycles. The van der Waals surface area contributed by atoms with Gasteiger partial charge in [-0.2, -0.15) is 0 Å². The van der Waals surface area contributed by atoms with Gasteiger partial charge in [0.2, 0.25) is 0 Å². The molecule has 1 N–H and O–H groups in total. The number of aliphatic carboxylic acids is 1. The molecular weight excluding hydrogens is 370 g/mol. The maximum Gasteiger partial charge on any atom is 0.331 e. The number of hydrogen-bond acceptors (Lipinski definition) is 5. The molecule has 0 atom stereocenters. The van der Waals surface area contributed by atoms with Gasteiger partial charge in [0, 0.05) is 23.6 Å². The van der Waals surface area contributed by atoms with Crippen LogP contribution in [0.1, 0.15) is 31.1 Å². The van der Waals surface area contributed by atoms with E-state index in [4.69, 9.17) is 9.26 Å². The molecule has 0 fully saturated rings. The van der Waals surface area contributed by atoms with Crippen LogP contribution in [0.4, 0.5) is 0 Å². The van der Waals surface area contributed by atoms with E-state index in [1.54, 1.807) is 6.07 Å². The van der Waals surface area contributed by atoms with E-state index in [2.05, 4.69) is 5.16 Å². The van der Waals surface area contributed by atoms with Gasteiger partial charge in [-0.15, -0.1) is 0 Å². The number of ketones is 1. The molecule has 148 valence electrons. The normalized spacial score (nSPS) is 11.3. The smallest absolute Gasteiger partial charge is 0.331 e. The number of hydrogen-bond donors (Lipinski definition) is 1. The fourth-order valence-electron chi connectivity index (χ4n) is 2.68. The fourth-order valence-corrected chi connectivity index (χ4v) is 2.68. The van der Waals surface area contributed by atoms with E-state index in [-0.39, 0.29) is 24.2 Å². The van der Waals surface area contributed by atoms with Crippen molar-refractivity contribution in [1.82, 2.24) is 5.16 Å². The van der Waals surface area contributed by atoms with Crippen molar-refractivity contribution in [2.45, 2.75) is 26.4 Å². The summed E-state index contributed by atoms with van der Waals surface area (Å²) in [6, 6.07) is 19.0.